The maximum Gasteiger partial charge on any atom is 0.238 e. The molecule has 0 spiro atoms. The summed E-state index contributed by atoms with van der Waals surface area (Å²) in [6.45, 7) is 0. The van der Waals surface area contributed by atoms with Crippen molar-refractivity contribution in [3.63, 3.8) is 0 Å². The molecule has 1 aromatic heterocycles. The molecule has 0 aliphatic rings. The highest BCUT2D eigenvalue weighted by molar-refractivity contribution is 7.89. The molecule has 1 heterocycles. The zero-order valence-corrected chi connectivity index (χ0v) is 8.94. The number of anilines is 1. The van der Waals surface area contributed by atoms with E-state index in [1.54, 1.807) is 0 Å². The Balaban J connectivity index is 2.73. The molecule has 0 radical (unpaired) electrons. The molecule has 6 nitrogen and oxygen atoms in total. The number of hydrogen-bond donors (Lipinski definition) is 2. The topological polar surface area (TPSA) is 112 Å². The van der Waals surface area contributed by atoms with E-state index in [1.165, 1.54) is 30.5 Å². The Bertz CT molecular complexity index is 605. The van der Waals surface area contributed by atoms with Gasteiger partial charge in [0.25, 0.3) is 0 Å². The summed E-state index contributed by atoms with van der Waals surface area (Å²) in [5.41, 5.74) is 6.71. The molecule has 16 heavy (non-hydrogen) atoms. The summed E-state index contributed by atoms with van der Waals surface area (Å²) in [5.74, 6) is 0. The molecular weight excluding hydrogens is 230 g/mol. The minimum atomic E-state index is -3.81. The van der Waals surface area contributed by atoms with Crippen LogP contribution in [0.15, 0.2) is 39.9 Å². The summed E-state index contributed by atoms with van der Waals surface area (Å²) < 4.78 is 27.3. The molecule has 0 unspecified atom stereocenters. The van der Waals surface area contributed by atoms with Crippen molar-refractivity contribution in [2.75, 3.05) is 5.73 Å². The fourth-order valence-corrected chi connectivity index (χ4v) is 2.08. The van der Waals surface area contributed by atoms with Crippen LogP contribution in [0.25, 0.3) is 11.3 Å². The summed E-state index contributed by atoms with van der Waals surface area (Å²) in [6.07, 6.45) is 1.34. The molecule has 7 heteroatoms. The van der Waals surface area contributed by atoms with Crippen LogP contribution in [0.1, 0.15) is 0 Å². The van der Waals surface area contributed by atoms with Gasteiger partial charge in [0, 0.05) is 17.3 Å². The third-order valence-corrected chi connectivity index (χ3v) is 2.99. The van der Waals surface area contributed by atoms with Gasteiger partial charge >= 0.3 is 0 Å². The largest absolute Gasteiger partial charge is 0.399 e. The first-order valence-electron chi connectivity index (χ1n) is 4.31. The maximum atomic E-state index is 11.3. The van der Waals surface area contributed by atoms with Gasteiger partial charge < -0.3 is 10.3 Å². The van der Waals surface area contributed by atoms with E-state index in [-0.39, 0.29) is 4.90 Å². The quantitative estimate of drug-likeness (QED) is 0.744. The first-order chi connectivity index (χ1) is 7.48. The van der Waals surface area contributed by atoms with E-state index in [0.717, 1.165) is 0 Å². The van der Waals surface area contributed by atoms with Gasteiger partial charge in [0.2, 0.25) is 10.0 Å². The number of nitrogens with two attached hydrogens (primary N) is 2. The zero-order chi connectivity index (χ0) is 11.8. The van der Waals surface area contributed by atoms with Crippen molar-refractivity contribution >= 4 is 15.7 Å². The van der Waals surface area contributed by atoms with Crippen molar-refractivity contribution in [2.24, 2.45) is 5.14 Å². The third kappa shape index (κ3) is 1.90. The molecule has 0 aliphatic heterocycles. The monoisotopic (exact) mass is 239 g/mol. The highest BCUT2D eigenvalue weighted by atomic mass is 32.2. The van der Waals surface area contributed by atoms with Gasteiger partial charge in [-0.2, -0.15) is 0 Å². The van der Waals surface area contributed by atoms with Gasteiger partial charge in [0.1, 0.15) is 12.0 Å². The lowest BCUT2D eigenvalue weighted by Gasteiger charge is -2.05. The van der Waals surface area contributed by atoms with E-state index in [4.69, 9.17) is 10.9 Å². The van der Waals surface area contributed by atoms with Gasteiger partial charge in [-0.05, 0) is 18.2 Å². The molecule has 0 atom stereocenters. The number of nitrogen functional groups attached to an aromatic ring is 1. The first-order valence-corrected chi connectivity index (χ1v) is 5.86. The standard InChI is InChI=1S/C9H9N3O3S/c10-6-1-2-9(16(11,13)14)7(5-6)8-3-4-15-12-8/h1-5H,10H2,(H2,11,13,14). The molecule has 0 bridgehead atoms. The molecule has 2 rings (SSSR count). The van der Waals surface area contributed by atoms with Crippen molar-refractivity contribution < 1.29 is 12.9 Å². The van der Waals surface area contributed by atoms with Gasteiger partial charge in [0.05, 0.1) is 4.90 Å². The molecule has 0 saturated carbocycles. The Morgan fingerprint density at radius 3 is 2.56 bits per heavy atom. The Morgan fingerprint density at radius 2 is 2.00 bits per heavy atom. The number of hydrogen-bond acceptors (Lipinski definition) is 5. The second kappa shape index (κ2) is 3.62. The summed E-state index contributed by atoms with van der Waals surface area (Å²) in [5, 5.41) is 8.74. The smallest absolute Gasteiger partial charge is 0.238 e. The highest BCUT2D eigenvalue weighted by Crippen LogP contribution is 2.27. The second-order valence-electron chi connectivity index (χ2n) is 3.19. The lowest BCUT2D eigenvalue weighted by atomic mass is 10.1. The molecular formula is C9H9N3O3S. The average molecular weight is 239 g/mol. The normalized spacial score (nSPS) is 11.6. The lowest BCUT2D eigenvalue weighted by Crippen LogP contribution is -2.13. The number of benzene rings is 1. The molecule has 0 aliphatic carbocycles. The van der Waals surface area contributed by atoms with Crippen LogP contribution < -0.4 is 10.9 Å². The van der Waals surface area contributed by atoms with E-state index >= 15 is 0 Å². The lowest BCUT2D eigenvalue weighted by molar-refractivity contribution is 0.422. The number of nitrogens with zero attached hydrogens (tertiary/aromatic N) is 1. The third-order valence-electron chi connectivity index (χ3n) is 2.02. The van der Waals surface area contributed by atoms with Gasteiger partial charge in [-0.15, -0.1) is 0 Å². The van der Waals surface area contributed by atoms with Gasteiger partial charge in [0.15, 0.2) is 0 Å². The Labute approximate surface area is 91.9 Å². The van der Waals surface area contributed by atoms with E-state index in [1.807, 2.05) is 0 Å². The van der Waals surface area contributed by atoms with Crippen LogP contribution >= 0.6 is 0 Å². The summed E-state index contributed by atoms with van der Waals surface area (Å²) in [7, 11) is -3.81. The van der Waals surface area contributed by atoms with Crippen LogP contribution in [-0.2, 0) is 10.0 Å². The van der Waals surface area contributed by atoms with Crippen molar-refractivity contribution in [3.05, 3.63) is 30.5 Å². The summed E-state index contributed by atoms with van der Waals surface area (Å²) in [6, 6.07) is 5.82. The fourth-order valence-electron chi connectivity index (χ4n) is 1.35. The van der Waals surface area contributed by atoms with E-state index in [0.29, 0.717) is 16.9 Å². The molecule has 84 valence electrons. The Morgan fingerprint density at radius 1 is 1.25 bits per heavy atom. The Hall–Kier alpha value is -1.86. The van der Waals surface area contributed by atoms with Crippen molar-refractivity contribution in [3.8, 4) is 11.3 Å². The summed E-state index contributed by atoms with van der Waals surface area (Å²) >= 11 is 0. The van der Waals surface area contributed by atoms with E-state index < -0.39 is 10.0 Å². The van der Waals surface area contributed by atoms with E-state index in [2.05, 4.69) is 9.68 Å². The minimum absolute atomic E-state index is 0.0319. The molecule has 0 amide bonds. The number of primary sulfonamides is 1. The van der Waals surface area contributed by atoms with Crippen LogP contribution in [0.3, 0.4) is 0 Å². The highest BCUT2D eigenvalue weighted by Gasteiger charge is 2.16. The average Bonchev–Trinajstić information content (AvgIpc) is 2.68. The first kappa shape index (κ1) is 10.7. The molecule has 4 N–H and O–H groups in total. The van der Waals surface area contributed by atoms with Crippen LogP contribution in [0.4, 0.5) is 5.69 Å². The van der Waals surface area contributed by atoms with Crippen molar-refractivity contribution in [2.45, 2.75) is 4.90 Å². The number of aromatic nitrogens is 1. The number of sulfonamides is 1. The zero-order valence-electron chi connectivity index (χ0n) is 8.12. The predicted molar refractivity (Wildman–Crippen MR) is 57.7 cm³/mol. The van der Waals surface area contributed by atoms with Crippen LogP contribution in [0, 0.1) is 0 Å². The molecule has 2 aromatic rings. The minimum Gasteiger partial charge on any atom is -0.399 e. The molecule has 0 saturated heterocycles. The number of rotatable bonds is 2. The van der Waals surface area contributed by atoms with Gasteiger partial charge in [-0.1, -0.05) is 5.16 Å². The van der Waals surface area contributed by atoms with Crippen molar-refractivity contribution in [1.82, 2.24) is 5.16 Å². The van der Waals surface area contributed by atoms with E-state index in [9.17, 15) is 8.42 Å². The molecule has 0 fully saturated rings. The molecule has 1 aromatic carbocycles. The predicted octanol–water partition coefficient (Wildman–Crippen LogP) is 0.571. The van der Waals surface area contributed by atoms with Gasteiger partial charge in [-0.3, -0.25) is 0 Å². The Kier molecular flexibility index (Phi) is 2.41. The van der Waals surface area contributed by atoms with Crippen molar-refractivity contribution in [1.29, 1.82) is 0 Å². The fraction of sp³-hybridized carbons (Fsp3) is 0. The summed E-state index contributed by atoms with van der Waals surface area (Å²) in [4.78, 5) is -0.0319. The second-order valence-corrected chi connectivity index (χ2v) is 4.72. The maximum absolute atomic E-state index is 11.3. The van der Waals surface area contributed by atoms with Gasteiger partial charge in [-0.25, -0.2) is 13.6 Å². The van der Waals surface area contributed by atoms with Crippen LogP contribution in [0.2, 0.25) is 0 Å². The van der Waals surface area contributed by atoms with Crippen LogP contribution in [-0.4, -0.2) is 13.6 Å². The van der Waals surface area contributed by atoms with Crippen LogP contribution in [0.5, 0.6) is 0 Å². The SMILES string of the molecule is Nc1ccc(S(N)(=O)=O)c(-c2ccon2)c1.